The number of hydrogen-bond donors (Lipinski definition) is 14. The summed E-state index contributed by atoms with van der Waals surface area (Å²) in [6, 6.07) is 8.25. The number of benzene rings is 5. The zero-order chi connectivity index (χ0) is 39.8. The summed E-state index contributed by atoms with van der Waals surface area (Å²) in [7, 11) is 0. The van der Waals surface area contributed by atoms with Gasteiger partial charge < -0.3 is 85.7 Å². The standard InChI is InChI=1S/C37H30O18/c38-14-7-16(39)27-26(8-14)54-35(12-3-20(43)32(50)21(44)4-12)36(55-37(52)13-5-22(45)33(51)23(46)6-13)29(27)28-17(40)10-25-15(30(28)48)9-24(47)34(53-25)11-1-18(41)31(49)19(42)2-11/h1-8,10,24,29,34-36,38-51H,9H2/t24-,29?,34+,35+,36+/m0/s1. The van der Waals surface area contributed by atoms with Crippen LogP contribution in [0.25, 0.3) is 0 Å². The molecule has 0 aromatic heterocycles. The number of phenols is 13. The maximum absolute atomic E-state index is 13.8. The molecule has 0 saturated heterocycles. The molecule has 0 amide bonds. The number of rotatable bonds is 5. The Labute approximate surface area is 307 Å². The van der Waals surface area contributed by atoms with Crippen LogP contribution >= 0.6 is 0 Å². The predicted octanol–water partition coefficient (Wildman–Crippen LogP) is 3.39. The van der Waals surface area contributed by atoms with Crippen molar-refractivity contribution < 1.29 is 90.5 Å². The molecule has 0 fully saturated rings. The van der Waals surface area contributed by atoms with Crippen LogP contribution in [0.4, 0.5) is 0 Å². The largest absolute Gasteiger partial charge is 0.508 e. The van der Waals surface area contributed by atoms with E-state index in [1.165, 1.54) is 0 Å². The van der Waals surface area contributed by atoms with Gasteiger partial charge in [0, 0.05) is 52.4 Å². The zero-order valence-electron chi connectivity index (χ0n) is 27.7. The molecular weight excluding hydrogens is 732 g/mol. The molecule has 0 aliphatic carbocycles. The summed E-state index contributed by atoms with van der Waals surface area (Å²) < 4.78 is 17.8. The maximum atomic E-state index is 13.8. The highest BCUT2D eigenvalue weighted by molar-refractivity contribution is 5.91. The molecule has 0 saturated carbocycles. The molecule has 5 aromatic rings. The zero-order valence-corrected chi connectivity index (χ0v) is 27.7. The first-order chi connectivity index (χ1) is 25.9. The number of aliphatic hydroxyl groups excluding tert-OH is 1. The average molecular weight is 763 g/mol. The van der Waals surface area contributed by atoms with Gasteiger partial charge in [0.25, 0.3) is 0 Å². The van der Waals surface area contributed by atoms with Gasteiger partial charge in [-0.2, -0.15) is 0 Å². The first kappa shape index (κ1) is 35.9. The van der Waals surface area contributed by atoms with E-state index in [-0.39, 0.29) is 33.8 Å². The molecule has 0 spiro atoms. The Kier molecular flexibility index (Phi) is 8.41. The third-order valence-corrected chi connectivity index (χ3v) is 9.40. The highest BCUT2D eigenvalue weighted by Crippen LogP contribution is 2.58. The molecule has 2 aliphatic heterocycles. The van der Waals surface area contributed by atoms with Crippen LogP contribution in [0.5, 0.6) is 86.2 Å². The molecule has 7 rings (SSSR count). The molecule has 5 atom stereocenters. The predicted molar refractivity (Wildman–Crippen MR) is 181 cm³/mol. The second-order valence-corrected chi connectivity index (χ2v) is 12.9. The molecule has 1 unspecified atom stereocenters. The minimum Gasteiger partial charge on any atom is -0.508 e. The van der Waals surface area contributed by atoms with Crippen molar-refractivity contribution in [2.24, 2.45) is 0 Å². The Morgan fingerprint density at radius 2 is 1.00 bits per heavy atom. The van der Waals surface area contributed by atoms with E-state index in [9.17, 15) is 76.3 Å². The van der Waals surface area contributed by atoms with Gasteiger partial charge in [0.15, 0.2) is 70.1 Å². The number of carbonyl (C=O) groups is 1. The summed E-state index contributed by atoms with van der Waals surface area (Å²) in [5.74, 6) is -14.2. The normalized spacial score (nSPS) is 20.1. The Morgan fingerprint density at radius 3 is 1.55 bits per heavy atom. The fourth-order valence-electron chi connectivity index (χ4n) is 6.86. The summed E-state index contributed by atoms with van der Waals surface area (Å²) in [5, 5.41) is 147. The van der Waals surface area contributed by atoms with Gasteiger partial charge in [0.2, 0.25) is 0 Å². The van der Waals surface area contributed by atoms with E-state index in [2.05, 4.69) is 0 Å². The minimum absolute atomic E-state index is 0.00128. The summed E-state index contributed by atoms with van der Waals surface area (Å²) in [6.45, 7) is 0. The Morgan fingerprint density at radius 1 is 0.527 bits per heavy atom. The molecule has 18 heteroatoms. The fourth-order valence-corrected chi connectivity index (χ4v) is 6.86. The number of fused-ring (bicyclic) bond motifs is 2. The average Bonchev–Trinajstić information content (AvgIpc) is 3.11. The van der Waals surface area contributed by atoms with Crippen LogP contribution in [0.2, 0.25) is 0 Å². The first-order valence-electron chi connectivity index (χ1n) is 16.1. The van der Waals surface area contributed by atoms with Crippen LogP contribution in [0.3, 0.4) is 0 Å². The van der Waals surface area contributed by atoms with Crippen LogP contribution in [0, 0.1) is 0 Å². The van der Waals surface area contributed by atoms with Gasteiger partial charge in [-0.05, 0) is 36.4 Å². The lowest BCUT2D eigenvalue weighted by molar-refractivity contribution is -0.0275. The lowest BCUT2D eigenvalue weighted by Gasteiger charge is -2.40. The van der Waals surface area contributed by atoms with Gasteiger partial charge in [-0.1, -0.05) is 0 Å². The van der Waals surface area contributed by atoms with Gasteiger partial charge in [0.1, 0.15) is 34.5 Å². The van der Waals surface area contributed by atoms with E-state index in [0.29, 0.717) is 0 Å². The number of aliphatic hydroxyl groups is 1. The van der Waals surface area contributed by atoms with Gasteiger partial charge >= 0.3 is 5.97 Å². The van der Waals surface area contributed by atoms with Crippen LogP contribution in [-0.4, -0.2) is 89.7 Å². The highest BCUT2D eigenvalue weighted by Gasteiger charge is 2.48. The second-order valence-electron chi connectivity index (χ2n) is 12.9. The topological polar surface area (TPSA) is 328 Å². The Hall–Kier alpha value is -7.47. The molecule has 286 valence electrons. The molecule has 18 nitrogen and oxygen atoms in total. The van der Waals surface area contributed by atoms with Crippen LogP contribution in [-0.2, 0) is 11.2 Å². The number of carbonyl (C=O) groups excluding carboxylic acids is 1. The van der Waals surface area contributed by atoms with E-state index >= 15 is 0 Å². The number of hydrogen-bond acceptors (Lipinski definition) is 18. The summed E-state index contributed by atoms with van der Waals surface area (Å²) >= 11 is 0. The summed E-state index contributed by atoms with van der Waals surface area (Å²) in [5.41, 5.74) is -1.67. The van der Waals surface area contributed by atoms with Crippen molar-refractivity contribution in [2.45, 2.75) is 36.8 Å². The van der Waals surface area contributed by atoms with Crippen molar-refractivity contribution >= 4 is 5.97 Å². The van der Waals surface area contributed by atoms with E-state index < -0.39 is 129 Å². The molecule has 2 heterocycles. The van der Waals surface area contributed by atoms with E-state index in [1.54, 1.807) is 0 Å². The Bertz CT molecular complexity index is 2340. The number of esters is 1. The number of aromatic hydroxyl groups is 13. The molecule has 0 radical (unpaired) electrons. The van der Waals surface area contributed by atoms with Crippen LogP contribution < -0.4 is 9.47 Å². The maximum Gasteiger partial charge on any atom is 0.338 e. The second kappa shape index (κ2) is 12.9. The summed E-state index contributed by atoms with van der Waals surface area (Å²) in [6.07, 6.45) is -6.83. The van der Waals surface area contributed by atoms with Crippen LogP contribution in [0.1, 0.15) is 56.3 Å². The van der Waals surface area contributed by atoms with Crippen molar-refractivity contribution in [1.29, 1.82) is 0 Å². The smallest absolute Gasteiger partial charge is 0.338 e. The third kappa shape index (κ3) is 5.95. The molecule has 0 bridgehead atoms. The monoisotopic (exact) mass is 762 g/mol. The van der Waals surface area contributed by atoms with Gasteiger partial charge in [-0.15, -0.1) is 0 Å². The summed E-state index contributed by atoms with van der Waals surface area (Å²) in [4.78, 5) is 13.8. The van der Waals surface area contributed by atoms with Crippen molar-refractivity contribution in [3.63, 3.8) is 0 Å². The Balaban J connectivity index is 1.42. The van der Waals surface area contributed by atoms with E-state index in [0.717, 1.165) is 54.6 Å². The van der Waals surface area contributed by atoms with Crippen LogP contribution in [0.15, 0.2) is 54.6 Å². The van der Waals surface area contributed by atoms with Gasteiger partial charge in [-0.3, -0.25) is 0 Å². The van der Waals surface area contributed by atoms with E-state index in [1.807, 2.05) is 0 Å². The highest BCUT2D eigenvalue weighted by atomic mass is 16.6. The third-order valence-electron chi connectivity index (χ3n) is 9.40. The lowest BCUT2D eigenvalue weighted by atomic mass is 9.77. The number of ether oxygens (including phenoxy) is 3. The fraction of sp³-hybridized carbons (Fsp3) is 0.162. The lowest BCUT2D eigenvalue weighted by Crippen LogP contribution is -2.39. The molecule has 2 aliphatic rings. The molecule has 55 heavy (non-hydrogen) atoms. The number of phenolic OH excluding ortho intramolecular Hbond substituents is 13. The van der Waals surface area contributed by atoms with Gasteiger partial charge in [0.05, 0.1) is 17.6 Å². The van der Waals surface area contributed by atoms with E-state index in [4.69, 9.17) is 14.2 Å². The minimum atomic E-state index is -1.88. The quantitative estimate of drug-likeness (QED) is 0.0901. The van der Waals surface area contributed by atoms with Crippen molar-refractivity contribution in [3.8, 4) is 86.2 Å². The molecular formula is C37H30O18. The van der Waals surface area contributed by atoms with Gasteiger partial charge in [-0.25, -0.2) is 4.79 Å². The molecule has 14 N–H and O–H groups in total. The van der Waals surface area contributed by atoms with Crippen molar-refractivity contribution in [2.75, 3.05) is 0 Å². The van der Waals surface area contributed by atoms with Crippen molar-refractivity contribution in [3.05, 3.63) is 88.0 Å². The SMILES string of the molecule is O=C(O[C@@H]1C(c2c(O)cc3c(c2O)C[C@H](O)[C@@H](c2cc(O)c(O)c(O)c2)O3)c2c(O)cc(O)cc2O[C@@H]1c1cc(O)c(O)c(O)c1)c1cc(O)c(O)c(O)c1. The first-order valence-corrected chi connectivity index (χ1v) is 16.1. The molecule has 5 aromatic carbocycles. The van der Waals surface area contributed by atoms with Crippen molar-refractivity contribution in [1.82, 2.24) is 0 Å².